The second kappa shape index (κ2) is 9.27. The van der Waals surface area contributed by atoms with Crippen LogP contribution in [0.4, 0.5) is 5.69 Å². The average Bonchev–Trinajstić information content (AvgIpc) is 3.17. The lowest BCUT2D eigenvalue weighted by Gasteiger charge is -2.10. The summed E-state index contributed by atoms with van der Waals surface area (Å²) in [7, 11) is 0. The molecule has 1 N–H and O–H groups in total. The number of rotatable bonds is 7. The Hall–Kier alpha value is -3.00. The minimum atomic E-state index is -0.494. The molecule has 0 unspecified atom stereocenters. The minimum absolute atomic E-state index is 0.159. The van der Waals surface area contributed by atoms with E-state index in [1.54, 1.807) is 29.1 Å². The highest BCUT2D eigenvalue weighted by Crippen LogP contribution is 2.22. The molecule has 0 spiro atoms. The number of esters is 1. The van der Waals surface area contributed by atoms with Gasteiger partial charge in [-0.25, -0.2) is 9.48 Å². The number of carbonyl (C=O) groups is 2. The van der Waals surface area contributed by atoms with Gasteiger partial charge in [0.05, 0.1) is 30.6 Å². The Morgan fingerprint density at radius 3 is 2.71 bits per heavy atom. The van der Waals surface area contributed by atoms with E-state index in [9.17, 15) is 9.59 Å². The van der Waals surface area contributed by atoms with Crippen LogP contribution in [0.15, 0.2) is 59.2 Å². The Morgan fingerprint density at radius 2 is 1.96 bits per heavy atom. The molecule has 0 atom stereocenters. The van der Waals surface area contributed by atoms with Crippen LogP contribution < -0.4 is 5.32 Å². The second-order valence-corrected chi connectivity index (χ2v) is 6.98. The third-order valence-corrected chi connectivity index (χ3v) is 4.34. The summed E-state index contributed by atoms with van der Waals surface area (Å²) in [5.74, 6) is -0.947. The minimum Gasteiger partial charge on any atom is -0.462 e. The number of hydrogen-bond acceptors (Lipinski definition) is 5. The van der Waals surface area contributed by atoms with E-state index in [2.05, 4.69) is 31.6 Å². The maximum Gasteiger partial charge on any atom is 0.340 e. The lowest BCUT2D eigenvalue weighted by Crippen LogP contribution is -2.16. The van der Waals surface area contributed by atoms with Crippen molar-refractivity contribution in [3.63, 3.8) is 0 Å². The first-order chi connectivity index (χ1) is 13.6. The second-order valence-electron chi connectivity index (χ2n) is 6.07. The van der Waals surface area contributed by atoms with Crippen LogP contribution in [0, 0.1) is 0 Å². The van der Waals surface area contributed by atoms with Gasteiger partial charge in [-0.2, -0.15) is 0 Å². The molecule has 0 fully saturated rings. The molecule has 1 amide bonds. The topological polar surface area (TPSA) is 86.1 Å². The Labute approximate surface area is 170 Å². The SMILES string of the molecule is CCCOC(=O)c1cc(Br)ccc1NC(=O)c1cn(Cc2ccccc2)nn1. The standard InChI is InChI=1S/C20H19BrN4O3/c1-2-10-28-20(27)16-11-15(21)8-9-17(16)22-19(26)18-13-25(24-23-18)12-14-6-4-3-5-7-14/h3-9,11,13H,2,10,12H2,1H3,(H,22,26). The zero-order valence-electron chi connectivity index (χ0n) is 15.3. The van der Waals surface area contributed by atoms with Crippen molar-refractivity contribution >= 4 is 33.5 Å². The van der Waals surface area contributed by atoms with Crippen molar-refractivity contribution in [2.75, 3.05) is 11.9 Å². The molecule has 1 aromatic heterocycles. The largest absolute Gasteiger partial charge is 0.462 e. The summed E-state index contributed by atoms with van der Waals surface area (Å²) in [6, 6.07) is 14.7. The van der Waals surface area contributed by atoms with Gasteiger partial charge in [0.15, 0.2) is 5.69 Å². The summed E-state index contributed by atoms with van der Waals surface area (Å²) in [5.41, 5.74) is 1.83. The summed E-state index contributed by atoms with van der Waals surface area (Å²) in [4.78, 5) is 24.8. The number of halogens is 1. The maximum absolute atomic E-state index is 12.6. The molecular weight excluding hydrogens is 424 g/mol. The number of nitrogens with one attached hydrogen (secondary N) is 1. The van der Waals surface area contributed by atoms with E-state index in [4.69, 9.17) is 4.74 Å². The van der Waals surface area contributed by atoms with Crippen molar-refractivity contribution in [2.45, 2.75) is 19.9 Å². The van der Waals surface area contributed by atoms with Crippen molar-refractivity contribution in [3.8, 4) is 0 Å². The molecule has 0 bridgehead atoms. The first kappa shape index (κ1) is 19.8. The molecule has 144 valence electrons. The number of aromatic nitrogens is 3. The quantitative estimate of drug-likeness (QED) is 0.560. The molecule has 28 heavy (non-hydrogen) atoms. The lowest BCUT2D eigenvalue weighted by atomic mass is 10.1. The number of benzene rings is 2. The summed E-state index contributed by atoms with van der Waals surface area (Å²) in [6.07, 6.45) is 2.28. The summed E-state index contributed by atoms with van der Waals surface area (Å²) in [5, 5.41) is 10.6. The Bertz CT molecular complexity index is 973. The number of ether oxygens (including phenoxy) is 1. The van der Waals surface area contributed by atoms with Gasteiger partial charge < -0.3 is 10.1 Å². The van der Waals surface area contributed by atoms with Gasteiger partial charge in [0.1, 0.15) is 0 Å². The molecule has 8 heteroatoms. The Morgan fingerprint density at radius 1 is 1.18 bits per heavy atom. The van der Waals surface area contributed by atoms with Crippen LogP contribution in [-0.2, 0) is 11.3 Å². The maximum atomic E-state index is 12.6. The fourth-order valence-corrected chi connectivity index (χ4v) is 2.86. The number of anilines is 1. The van der Waals surface area contributed by atoms with Crippen molar-refractivity contribution in [1.29, 1.82) is 0 Å². The van der Waals surface area contributed by atoms with Crippen LogP contribution in [0.5, 0.6) is 0 Å². The van der Waals surface area contributed by atoms with Gasteiger partial charge in [0, 0.05) is 4.47 Å². The highest BCUT2D eigenvalue weighted by atomic mass is 79.9. The van der Waals surface area contributed by atoms with Gasteiger partial charge >= 0.3 is 5.97 Å². The Kier molecular flexibility index (Phi) is 6.54. The van der Waals surface area contributed by atoms with Crippen LogP contribution in [-0.4, -0.2) is 33.5 Å². The number of amides is 1. The van der Waals surface area contributed by atoms with Gasteiger partial charge in [-0.15, -0.1) is 5.10 Å². The van der Waals surface area contributed by atoms with Crippen LogP contribution in [0.3, 0.4) is 0 Å². The molecular formula is C20H19BrN4O3. The predicted molar refractivity (Wildman–Crippen MR) is 108 cm³/mol. The highest BCUT2D eigenvalue weighted by molar-refractivity contribution is 9.10. The fraction of sp³-hybridized carbons (Fsp3) is 0.200. The Balaban J connectivity index is 1.74. The van der Waals surface area contributed by atoms with Crippen molar-refractivity contribution in [2.24, 2.45) is 0 Å². The summed E-state index contributed by atoms with van der Waals surface area (Å²) >= 11 is 3.33. The zero-order chi connectivity index (χ0) is 19.9. The van der Waals surface area contributed by atoms with Crippen molar-refractivity contribution < 1.29 is 14.3 Å². The van der Waals surface area contributed by atoms with Crippen LogP contribution >= 0.6 is 15.9 Å². The lowest BCUT2D eigenvalue weighted by molar-refractivity contribution is 0.0506. The molecule has 1 heterocycles. The van der Waals surface area contributed by atoms with E-state index < -0.39 is 11.9 Å². The predicted octanol–water partition coefficient (Wildman–Crippen LogP) is 3.91. The first-order valence-electron chi connectivity index (χ1n) is 8.79. The van der Waals surface area contributed by atoms with Crippen LogP contribution in [0.1, 0.15) is 39.8 Å². The molecule has 2 aromatic carbocycles. The number of hydrogen-bond donors (Lipinski definition) is 1. The van der Waals surface area contributed by atoms with Crippen molar-refractivity contribution in [3.05, 3.63) is 76.0 Å². The average molecular weight is 443 g/mol. The van der Waals surface area contributed by atoms with Gasteiger partial charge in [0.2, 0.25) is 0 Å². The zero-order valence-corrected chi connectivity index (χ0v) is 16.8. The van der Waals surface area contributed by atoms with Gasteiger partial charge in [-0.05, 0) is 30.2 Å². The third-order valence-electron chi connectivity index (χ3n) is 3.85. The third kappa shape index (κ3) is 5.04. The van der Waals surface area contributed by atoms with Crippen LogP contribution in [0.25, 0.3) is 0 Å². The molecule has 0 aliphatic heterocycles. The van der Waals surface area contributed by atoms with E-state index >= 15 is 0 Å². The smallest absolute Gasteiger partial charge is 0.340 e. The molecule has 0 aliphatic carbocycles. The summed E-state index contributed by atoms with van der Waals surface area (Å²) < 4.78 is 7.48. The molecule has 0 radical (unpaired) electrons. The molecule has 3 aromatic rings. The van der Waals surface area contributed by atoms with E-state index in [1.807, 2.05) is 37.3 Å². The van der Waals surface area contributed by atoms with E-state index in [1.165, 1.54) is 0 Å². The molecule has 7 nitrogen and oxygen atoms in total. The van der Waals surface area contributed by atoms with E-state index in [-0.39, 0.29) is 11.3 Å². The fourth-order valence-electron chi connectivity index (χ4n) is 2.50. The van der Waals surface area contributed by atoms with Crippen LogP contribution in [0.2, 0.25) is 0 Å². The van der Waals surface area contributed by atoms with Gasteiger partial charge in [-0.3, -0.25) is 4.79 Å². The highest BCUT2D eigenvalue weighted by Gasteiger charge is 2.18. The molecule has 0 aliphatic rings. The molecule has 0 saturated heterocycles. The molecule has 3 rings (SSSR count). The van der Waals surface area contributed by atoms with Gasteiger partial charge in [-0.1, -0.05) is 58.4 Å². The monoisotopic (exact) mass is 442 g/mol. The first-order valence-corrected chi connectivity index (χ1v) is 9.58. The molecule has 0 saturated carbocycles. The normalized spacial score (nSPS) is 10.5. The van der Waals surface area contributed by atoms with E-state index in [0.717, 1.165) is 5.56 Å². The van der Waals surface area contributed by atoms with E-state index in [0.29, 0.717) is 29.7 Å². The number of nitrogens with zero attached hydrogens (tertiary/aromatic N) is 3. The number of carbonyl (C=O) groups excluding carboxylic acids is 2. The summed E-state index contributed by atoms with van der Waals surface area (Å²) in [6.45, 7) is 2.73. The van der Waals surface area contributed by atoms with Gasteiger partial charge in [0.25, 0.3) is 5.91 Å². The van der Waals surface area contributed by atoms with Crippen molar-refractivity contribution in [1.82, 2.24) is 15.0 Å².